The summed E-state index contributed by atoms with van der Waals surface area (Å²) < 4.78 is 0. The number of rotatable bonds is 2. The molecule has 0 bridgehead atoms. The van der Waals surface area contributed by atoms with Gasteiger partial charge in [-0.1, -0.05) is 115 Å². The number of halogens is 2. The fraction of sp³-hybridized carbons (Fsp3) is 0.267. The zero-order valence-corrected chi connectivity index (χ0v) is 25.8. The molecule has 0 aliphatic rings. The molecule has 0 aliphatic heterocycles. The molecule has 0 saturated heterocycles. The molecule has 0 saturated carbocycles. The van der Waals surface area contributed by atoms with Crippen LogP contribution >= 0.6 is 17.0 Å². The van der Waals surface area contributed by atoms with Crippen LogP contribution < -0.4 is 0 Å². The Kier molecular flexibility index (Phi) is 12.4. The predicted molar refractivity (Wildman–Crippen MR) is 157 cm³/mol. The monoisotopic (exact) mass is 578 g/mol. The minimum atomic E-state index is -0.826. The zero-order valence-electron chi connectivity index (χ0n) is 21.8. The van der Waals surface area contributed by atoms with E-state index in [0.29, 0.717) is 12.7 Å². The van der Waals surface area contributed by atoms with Crippen LogP contribution in [0.15, 0.2) is 109 Å². The van der Waals surface area contributed by atoms with E-state index in [2.05, 4.69) is 150 Å². The van der Waals surface area contributed by atoms with Gasteiger partial charge < -0.3 is 0 Å². The molecule has 0 N–H and O–H groups in total. The third-order valence-corrected chi connectivity index (χ3v) is 6.03. The second kappa shape index (κ2) is 14.5. The van der Waals surface area contributed by atoms with Gasteiger partial charge in [0.2, 0.25) is 0 Å². The van der Waals surface area contributed by atoms with Crippen LogP contribution in [-0.2, 0) is 31.7 Å². The molecular weight excluding hydrogens is 544 g/mol. The van der Waals surface area contributed by atoms with Crippen molar-refractivity contribution in [1.29, 1.82) is 0 Å². The molecule has 4 rings (SSSR count). The first-order valence-electron chi connectivity index (χ1n) is 12.1. The zero-order chi connectivity index (χ0) is 25.9. The summed E-state index contributed by atoms with van der Waals surface area (Å²) >= 11 is -0.826. The Morgan fingerprint density at radius 3 is 0.971 bits per heavy atom. The van der Waals surface area contributed by atoms with E-state index in [0.717, 1.165) is 0 Å². The van der Waals surface area contributed by atoms with Crippen LogP contribution in [-0.4, -0.2) is 12.7 Å². The van der Waals surface area contributed by atoms with Gasteiger partial charge in [-0.3, -0.25) is 23.8 Å². The van der Waals surface area contributed by atoms with Gasteiger partial charge in [0.25, 0.3) is 0 Å². The first kappa shape index (κ1) is 30.0. The van der Waals surface area contributed by atoms with Crippen LogP contribution in [0, 0.1) is 0 Å². The van der Waals surface area contributed by atoms with E-state index < -0.39 is 20.8 Å². The molecule has 2 heterocycles. The summed E-state index contributed by atoms with van der Waals surface area (Å²) in [6.07, 6.45) is 0.875. The molecule has 0 fully saturated rings. The molecule has 180 valence electrons. The van der Waals surface area contributed by atoms with Crippen molar-refractivity contribution in [3.05, 3.63) is 120 Å². The molecular formula is C30H36B2Cl2Zr. The van der Waals surface area contributed by atoms with Crippen molar-refractivity contribution in [2.75, 3.05) is 0 Å². The Morgan fingerprint density at radius 2 is 0.743 bits per heavy atom. The third kappa shape index (κ3) is 10.3. The van der Waals surface area contributed by atoms with Crippen LogP contribution in [0.2, 0.25) is 0 Å². The average molecular weight is 580 g/mol. The number of hydrogen-bond acceptors (Lipinski definition) is 0. The summed E-state index contributed by atoms with van der Waals surface area (Å²) in [5.41, 5.74) is 6.02. The van der Waals surface area contributed by atoms with Crippen molar-refractivity contribution < 1.29 is 20.8 Å². The Labute approximate surface area is 232 Å². The number of benzene rings is 2. The van der Waals surface area contributed by atoms with E-state index in [1.54, 1.807) is 0 Å². The average Bonchev–Trinajstić information content (AvgIpc) is 2.85. The molecule has 0 unspecified atom stereocenters. The molecule has 0 atom stereocenters. The Balaban J connectivity index is 0.000000222. The maximum atomic E-state index is 4.93. The third-order valence-electron chi connectivity index (χ3n) is 6.03. The summed E-state index contributed by atoms with van der Waals surface area (Å²) in [6, 6.07) is 30.3. The predicted octanol–water partition coefficient (Wildman–Crippen LogP) is 9.37. The van der Waals surface area contributed by atoms with Gasteiger partial charge in [-0.15, -0.1) is 24.3 Å². The Morgan fingerprint density at radius 1 is 0.486 bits per heavy atom. The minimum absolute atomic E-state index is 0.245. The van der Waals surface area contributed by atoms with Gasteiger partial charge >= 0.3 is 37.9 Å². The molecule has 2 aromatic carbocycles. The van der Waals surface area contributed by atoms with Crippen LogP contribution in [0.3, 0.4) is 0 Å². The molecule has 5 heteroatoms. The Hall–Kier alpha value is -1.27. The van der Waals surface area contributed by atoms with Gasteiger partial charge in [0.1, 0.15) is 0 Å². The molecule has 0 aliphatic carbocycles. The SMILES string of the molecule is CC(C)(C)c1cc[b-](-c2ccccc2)cc1.CC(C)(C)c1cc[b-](-c2ccccc2)cc1.[Cl][Zr+2][Cl]. The fourth-order valence-electron chi connectivity index (χ4n) is 3.86. The van der Waals surface area contributed by atoms with E-state index >= 15 is 0 Å². The first-order valence-corrected chi connectivity index (χ1v) is 18.4. The molecule has 0 amide bonds. The van der Waals surface area contributed by atoms with Crippen molar-refractivity contribution in [2.24, 2.45) is 0 Å². The van der Waals surface area contributed by atoms with Crippen molar-refractivity contribution in [3.63, 3.8) is 0 Å². The van der Waals surface area contributed by atoms with Crippen molar-refractivity contribution >= 4 is 29.7 Å². The van der Waals surface area contributed by atoms with Crippen molar-refractivity contribution in [3.8, 4) is 10.9 Å². The summed E-state index contributed by atoms with van der Waals surface area (Å²) in [6.45, 7) is 13.5. The van der Waals surface area contributed by atoms with Crippen molar-refractivity contribution in [1.82, 2.24) is 0 Å². The summed E-state index contributed by atoms with van der Waals surface area (Å²) in [7, 11) is 9.87. The van der Waals surface area contributed by atoms with E-state index in [-0.39, 0.29) is 10.8 Å². The normalized spacial score (nSPS) is 10.7. The maximum absolute atomic E-state index is 4.93. The van der Waals surface area contributed by atoms with Gasteiger partial charge in [0, 0.05) is 0 Å². The molecule has 0 spiro atoms. The van der Waals surface area contributed by atoms with Gasteiger partial charge in [-0.2, -0.15) is 0 Å². The number of hydrogen-bond donors (Lipinski definition) is 0. The van der Waals surface area contributed by atoms with Crippen LogP contribution in [0.4, 0.5) is 0 Å². The standard InChI is InChI=1S/2C15H18B.2ClH.Zr/c2*1-15(2,3)13-9-11-16(12-10-13)14-7-5-4-6-8-14;;;/h2*4-12H,1-3H3;2*1H;/q2*-1;;;+4/p-2. The second-order valence-corrected chi connectivity index (χ2v) is 14.5. The van der Waals surface area contributed by atoms with Crippen molar-refractivity contribution in [2.45, 2.75) is 52.4 Å². The van der Waals surface area contributed by atoms with Crippen LogP contribution in [0.5, 0.6) is 0 Å². The molecule has 0 radical (unpaired) electrons. The van der Waals surface area contributed by atoms with E-state index in [1.165, 1.54) is 22.1 Å². The quantitative estimate of drug-likeness (QED) is 0.222. The van der Waals surface area contributed by atoms with Crippen LogP contribution in [0.1, 0.15) is 52.7 Å². The molecule has 35 heavy (non-hydrogen) atoms. The van der Waals surface area contributed by atoms with Gasteiger partial charge in [0.05, 0.1) is 0 Å². The van der Waals surface area contributed by atoms with E-state index in [9.17, 15) is 0 Å². The fourth-order valence-corrected chi connectivity index (χ4v) is 3.86. The van der Waals surface area contributed by atoms with Gasteiger partial charge in [-0.25, -0.2) is 10.9 Å². The summed E-state index contributed by atoms with van der Waals surface area (Å²) in [5.74, 6) is 9.15. The van der Waals surface area contributed by atoms with Crippen LogP contribution in [0.25, 0.3) is 10.9 Å². The second-order valence-electron chi connectivity index (χ2n) is 10.8. The molecule has 0 nitrogen and oxygen atoms in total. The Bertz CT molecular complexity index is 1020. The molecule has 2 aromatic heterocycles. The summed E-state index contributed by atoms with van der Waals surface area (Å²) in [4.78, 5) is 0. The van der Waals surface area contributed by atoms with E-state index in [4.69, 9.17) is 17.0 Å². The van der Waals surface area contributed by atoms with E-state index in [1.807, 2.05) is 0 Å². The topological polar surface area (TPSA) is 0 Å². The molecule has 4 aromatic rings. The van der Waals surface area contributed by atoms with Gasteiger partial charge in [-0.05, 0) is 22.0 Å². The summed E-state index contributed by atoms with van der Waals surface area (Å²) in [5, 5.41) is 0. The van der Waals surface area contributed by atoms with Gasteiger partial charge in [0.15, 0.2) is 0 Å². The first-order chi connectivity index (χ1) is 16.6.